The lowest BCUT2D eigenvalue weighted by Crippen LogP contribution is -2.30. The molecule has 21 heavy (non-hydrogen) atoms. The molecule has 0 radical (unpaired) electrons. The first-order chi connectivity index (χ1) is 9.70. The Morgan fingerprint density at radius 2 is 1.90 bits per heavy atom. The van der Waals surface area contributed by atoms with E-state index in [4.69, 9.17) is 10.2 Å². The highest BCUT2D eigenvalue weighted by Crippen LogP contribution is 2.38. The van der Waals surface area contributed by atoms with Crippen molar-refractivity contribution in [2.75, 3.05) is 6.54 Å². The number of nitrogens with one attached hydrogen (secondary N) is 1. The average Bonchev–Trinajstić information content (AvgIpc) is 2.37. The highest BCUT2D eigenvalue weighted by atomic mass is 32.2. The van der Waals surface area contributed by atoms with E-state index in [0.717, 1.165) is 0 Å². The largest absolute Gasteiger partial charge is 0.479 e. The van der Waals surface area contributed by atoms with Crippen molar-refractivity contribution >= 4 is 23.6 Å². The molecule has 1 atom stereocenters. The summed E-state index contributed by atoms with van der Waals surface area (Å²) in [5.41, 5.74) is -4.68. The lowest BCUT2D eigenvalue weighted by Gasteiger charge is -2.11. The van der Waals surface area contributed by atoms with Gasteiger partial charge in [-0.05, 0) is 23.9 Å². The number of alkyl halides is 3. The molecule has 0 aliphatic carbocycles. The lowest BCUT2D eigenvalue weighted by molar-refractivity contribution is -0.146. The number of thioether (sulfide) groups is 1. The Hall–Kier alpha value is -1.74. The van der Waals surface area contributed by atoms with Crippen molar-refractivity contribution < 1.29 is 33.0 Å². The summed E-state index contributed by atoms with van der Waals surface area (Å²) in [4.78, 5) is 21.9. The fraction of sp³-hybridized carbons (Fsp3) is 0.333. The van der Waals surface area contributed by atoms with Crippen LogP contribution < -0.4 is 5.32 Å². The fourth-order valence-corrected chi connectivity index (χ4v) is 2.08. The molecule has 0 aliphatic rings. The van der Waals surface area contributed by atoms with Crippen LogP contribution in [0.25, 0.3) is 0 Å². The Kier molecular flexibility index (Phi) is 6.03. The number of carboxylic acids is 1. The van der Waals surface area contributed by atoms with Gasteiger partial charge in [0.2, 0.25) is 0 Å². The third-order valence-corrected chi connectivity index (χ3v) is 3.15. The predicted octanol–water partition coefficient (Wildman–Crippen LogP) is 1.86. The van der Waals surface area contributed by atoms with Gasteiger partial charge in [0.25, 0.3) is 5.91 Å². The molecule has 0 saturated carbocycles. The molecule has 1 rings (SSSR count). The van der Waals surface area contributed by atoms with Crippen molar-refractivity contribution in [3.63, 3.8) is 0 Å². The first-order valence-electron chi connectivity index (χ1n) is 5.74. The summed E-state index contributed by atoms with van der Waals surface area (Å²) in [5.74, 6) is -2.20. The zero-order valence-electron chi connectivity index (χ0n) is 10.6. The second-order valence-electron chi connectivity index (χ2n) is 3.94. The number of rotatable bonds is 6. The topological polar surface area (TPSA) is 86.6 Å². The van der Waals surface area contributed by atoms with E-state index in [1.807, 2.05) is 0 Å². The van der Waals surface area contributed by atoms with Gasteiger partial charge in [-0.15, -0.1) is 0 Å². The number of carbonyl (C=O) groups excluding carboxylic acids is 1. The SMILES string of the molecule is O=C(NCCC(O)C(=O)O)c1ccccc1SC(F)(F)F. The van der Waals surface area contributed by atoms with Gasteiger partial charge in [0.05, 0.1) is 5.56 Å². The molecule has 0 spiro atoms. The van der Waals surface area contributed by atoms with E-state index in [0.29, 0.717) is 0 Å². The van der Waals surface area contributed by atoms with E-state index in [1.54, 1.807) is 0 Å². The van der Waals surface area contributed by atoms with Gasteiger partial charge in [-0.3, -0.25) is 4.79 Å². The molecule has 0 fully saturated rings. The number of hydrogen-bond acceptors (Lipinski definition) is 4. The zero-order valence-corrected chi connectivity index (χ0v) is 11.4. The molecule has 3 N–H and O–H groups in total. The fourth-order valence-electron chi connectivity index (χ4n) is 1.41. The molecule has 0 bridgehead atoms. The number of hydrogen-bond donors (Lipinski definition) is 3. The van der Waals surface area contributed by atoms with Crippen molar-refractivity contribution in [3.05, 3.63) is 29.8 Å². The van der Waals surface area contributed by atoms with Gasteiger partial charge in [0.15, 0.2) is 6.10 Å². The van der Waals surface area contributed by atoms with E-state index in [9.17, 15) is 22.8 Å². The van der Waals surface area contributed by atoms with Crippen molar-refractivity contribution in [3.8, 4) is 0 Å². The molecule has 0 aliphatic heterocycles. The lowest BCUT2D eigenvalue weighted by atomic mass is 10.2. The normalized spacial score (nSPS) is 12.8. The van der Waals surface area contributed by atoms with Gasteiger partial charge in [0.1, 0.15) is 0 Å². The van der Waals surface area contributed by atoms with Crippen molar-refractivity contribution in [2.24, 2.45) is 0 Å². The summed E-state index contributed by atoms with van der Waals surface area (Å²) >= 11 is -0.404. The molecule has 1 amide bonds. The minimum atomic E-state index is -4.52. The third kappa shape index (κ3) is 6.05. The predicted molar refractivity (Wildman–Crippen MR) is 68.9 cm³/mol. The number of carboxylic acid groups (broad SMARTS) is 1. The van der Waals surface area contributed by atoms with E-state index in [1.165, 1.54) is 24.3 Å². The van der Waals surface area contributed by atoms with Crippen molar-refractivity contribution in [1.29, 1.82) is 0 Å². The summed E-state index contributed by atoms with van der Waals surface area (Å²) in [6.07, 6.45) is -1.87. The number of amides is 1. The van der Waals surface area contributed by atoms with Crippen LogP contribution in [0.3, 0.4) is 0 Å². The monoisotopic (exact) mass is 323 g/mol. The number of benzene rings is 1. The maximum Gasteiger partial charge on any atom is 0.446 e. The smallest absolute Gasteiger partial charge is 0.446 e. The van der Waals surface area contributed by atoms with Crippen LogP contribution in [0.4, 0.5) is 13.2 Å². The Balaban J connectivity index is 2.68. The van der Waals surface area contributed by atoms with Gasteiger partial charge in [-0.25, -0.2) is 4.79 Å². The van der Waals surface area contributed by atoms with Crippen LogP contribution in [0.5, 0.6) is 0 Å². The summed E-state index contributed by atoms with van der Waals surface area (Å²) in [5, 5.41) is 19.7. The van der Waals surface area contributed by atoms with E-state index in [2.05, 4.69) is 5.32 Å². The second kappa shape index (κ2) is 7.32. The Morgan fingerprint density at radius 3 is 2.48 bits per heavy atom. The van der Waals surface area contributed by atoms with Crippen LogP contribution in [-0.4, -0.2) is 40.2 Å². The summed E-state index contributed by atoms with van der Waals surface area (Å²) in [6, 6.07) is 5.19. The Labute approximate surface area is 122 Å². The molecule has 1 aromatic carbocycles. The van der Waals surface area contributed by atoms with Crippen molar-refractivity contribution in [1.82, 2.24) is 5.32 Å². The highest BCUT2D eigenvalue weighted by molar-refractivity contribution is 8.00. The number of aliphatic hydroxyl groups is 1. The van der Waals surface area contributed by atoms with Crippen molar-refractivity contribution in [2.45, 2.75) is 22.9 Å². The third-order valence-electron chi connectivity index (χ3n) is 2.35. The number of carbonyl (C=O) groups is 2. The summed E-state index contributed by atoms with van der Waals surface area (Å²) in [7, 11) is 0. The Morgan fingerprint density at radius 1 is 1.29 bits per heavy atom. The Bertz CT molecular complexity index is 521. The zero-order chi connectivity index (χ0) is 16.0. The quantitative estimate of drug-likeness (QED) is 0.696. The van der Waals surface area contributed by atoms with Gasteiger partial charge >= 0.3 is 11.5 Å². The molecule has 1 unspecified atom stereocenters. The molecule has 9 heteroatoms. The standard InChI is InChI=1S/C12H12F3NO4S/c13-12(14,15)21-9-4-2-1-3-7(9)10(18)16-6-5-8(17)11(19)20/h1-4,8,17H,5-6H2,(H,16,18)(H,19,20). The maximum absolute atomic E-state index is 12.4. The van der Waals surface area contributed by atoms with Crippen LogP contribution in [0.2, 0.25) is 0 Å². The number of halogens is 3. The van der Waals surface area contributed by atoms with Gasteiger partial charge < -0.3 is 15.5 Å². The van der Waals surface area contributed by atoms with Crippen LogP contribution in [0.15, 0.2) is 29.2 Å². The highest BCUT2D eigenvalue weighted by Gasteiger charge is 2.31. The van der Waals surface area contributed by atoms with Gasteiger partial charge in [0, 0.05) is 17.9 Å². The number of aliphatic carboxylic acids is 1. The molecule has 0 saturated heterocycles. The van der Waals surface area contributed by atoms with Gasteiger partial charge in [-0.1, -0.05) is 12.1 Å². The first kappa shape index (κ1) is 17.3. The van der Waals surface area contributed by atoms with Crippen LogP contribution in [0, 0.1) is 0 Å². The molecule has 1 aromatic rings. The van der Waals surface area contributed by atoms with Gasteiger partial charge in [-0.2, -0.15) is 13.2 Å². The molecule has 5 nitrogen and oxygen atoms in total. The molecule has 0 aromatic heterocycles. The first-order valence-corrected chi connectivity index (χ1v) is 6.56. The van der Waals surface area contributed by atoms with Crippen LogP contribution in [-0.2, 0) is 4.79 Å². The van der Waals surface area contributed by atoms with E-state index in [-0.39, 0.29) is 23.4 Å². The minimum Gasteiger partial charge on any atom is -0.479 e. The minimum absolute atomic E-state index is 0.162. The molecular formula is C12H12F3NO4S. The second-order valence-corrected chi connectivity index (χ2v) is 5.05. The molecule has 0 heterocycles. The summed E-state index contributed by atoms with van der Waals surface area (Å²) in [6.45, 7) is -0.169. The summed E-state index contributed by atoms with van der Waals surface area (Å²) < 4.78 is 37.1. The van der Waals surface area contributed by atoms with Crippen LogP contribution >= 0.6 is 11.8 Å². The maximum atomic E-state index is 12.4. The van der Waals surface area contributed by atoms with E-state index >= 15 is 0 Å². The van der Waals surface area contributed by atoms with E-state index < -0.39 is 35.3 Å². The van der Waals surface area contributed by atoms with Crippen LogP contribution in [0.1, 0.15) is 16.8 Å². The number of aliphatic hydroxyl groups excluding tert-OH is 1. The molecule has 116 valence electrons. The molecular weight excluding hydrogens is 311 g/mol. The average molecular weight is 323 g/mol.